The normalized spacial score (nSPS) is 20.0. The van der Waals surface area contributed by atoms with Crippen LogP contribution in [-0.4, -0.2) is 39.9 Å². The lowest BCUT2D eigenvalue weighted by molar-refractivity contribution is -0.129. The average Bonchev–Trinajstić information content (AvgIpc) is 2.65. The van der Waals surface area contributed by atoms with Crippen molar-refractivity contribution in [2.45, 2.75) is 32.9 Å². The van der Waals surface area contributed by atoms with Crippen LogP contribution in [0.5, 0.6) is 0 Å². The third kappa shape index (κ3) is 2.79. The Morgan fingerprint density at radius 1 is 1.47 bits per heavy atom. The van der Waals surface area contributed by atoms with E-state index in [1.807, 2.05) is 18.7 Å². The van der Waals surface area contributed by atoms with E-state index < -0.39 is 0 Å². The van der Waals surface area contributed by atoms with E-state index in [0.717, 1.165) is 30.9 Å². The summed E-state index contributed by atoms with van der Waals surface area (Å²) in [5, 5.41) is 3.19. The number of nitrogens with one attached hydrogen (secondary N) is 1. The molecule has 0 bridgehead atoms. The highest BCUT2D eigenvalue weighted by Crippen LogP contribution is 2.13. The lowest BCUT2D eigenvalue weighted by Gasteiger charge is -2.16. The smallest absolute Gasteiger partial charge is 0.240 e. The van der Waals surface area contributed by atoms with Crippen LogP contribution in [0.25, 0.3) is 0 Å². The Kier molecular flexibility index (Phi) is 3.68. The molecule has 2 rings (SSSR count). The first kappa shape index (κ1) is 12.0. The molecule has 0 aliphatic carbocycles. The van der Waals surface area contributed by atoms with Crippen LogP contribution in [0.3, 0.4) is 0 Å². The van der Waals surface area contributed by atoms with Crippen LogP contribution in [0.1, 0.15) is 24.7 Å². The van der Waals surface area contributed by atoms with Crippen LogP contribution in [-0.2, 0) is 11.3 Å². The highest BCUT2D eigenvalue weighted by Gasteiger charge is 2.30. The number of hydrogen-bond donors (Lipinski definition) is 1. The summed E-state index contributed by atoms with van der Waals surface area (Å²) in [6.07, 6.45) is 4.35. The Balaban J connectivity index is 1.96. The van der Waals surface area contributed by atoms with E-state index in [2.05, 4.69) is 15.3 Å². The summed E-state index contributed by atoms with van der Waals surface area (Å²) >= 11 is 0. The minimum Gasteiger partial charge on any atom is -0.335 e. The van der Waals surface area contributed by atoms with Gasteiger partial charge < -0.3 is 10.2 Å². The Morgan fingerprint density at radius 2 is 2.29 bits per heavy atom. The number of likely N-dealkylation sites (tertiary alicyclic amines) is 1. The Morgan fingerprint density at radius 3 is 2.94 bits per heavy atom. The van der Waals surface area contributed by atoms with E-state index in [4.69, 9.17) is 0 Å². The number of amides is 1. The van der Waals surface area contributed by atoms with Crippen molar-refractivity contribution in [2.75, 3.05) is 13.1 Å². The number of hydrogen-bond acceptors (Lipinski definition) is 4. The molecule has 0 saturated carbocycles. The SMILES string of the molecule is CCNC1CCN(Cc2cnc(C)cn2)C1=O. The van der Waals surface area contributed by atoms with Gasteiger partial charge in [0.15, 0.2) is 0 Å². The van der Waals surface area contributed by atoms with Gasteiger partial charge in [-0.1, -0.05) is 6.92 Å². The van der Waals surface area contributed by atoms with Gasteiger partial charge in [0, 0.05) is 12.7 Å². The second kappa shape index (κ2) is 5.23. The number of aromatic nitrogens is 2. The highest BCUT2D eigenvalue weighted by atomic mass is 16.2. The number of likely N-dealkylation sites (N-methyl/N-ethyl adjacent to an activating group) is 1. The average molecular weight is 234 g/mol. The van der Waals surface area contributed by atoms with Crippen molar-refractivity contribution in [3.8, 4) is 0 Å². The van der Waals surface area contributed by atoms with E-state index >= 15 is 0 Å². The van der Waals surface area contributed by atoms with Gasteiger partial charge in [-0.05, 0) is 19.9 Å². The molecule has 2 heterocycles. The van der Waals surface area contributed by atoms with Gasteiger partial charge >= 0.3 is 0 Å². The zero-order chi connectivity index (χ0) is 12.3. The minimum atomic E-state index is -0.0154. The van der Waals surface area contributed by atoms with E-state index in [1.165, 1.54) is 0 Å². The topological polar surface area (TPSA) is 58.1 Å². The van der Waals surface area contributed by atoms with Crippen molar-refractivity contribution in [3.05, 3.63) is 23.8 Å². The van der Waals surface area contributed by atoms with Crippen LogP contribution >= 0.6 is 0 Å². The molecule has 1 atom stereocenters. The maximum atomic E-state index is 12.0. The van der Waals surface area contributed by atoms with Crippen LogP contribution in [0.15, 0.2) is 12.4 Å². The predicted octanol–water partition coefficient (Wildman–Crippen LogP) is 0.495. The summed E-state index contributed by atoms with van der Waals surface area (Å²) in [5.41, 5.74) is 1.74. The molecule has 5 heteroatoms. The van der Waals surface area contributed by atoms with Gasteiger partial charge in [-0.25, -0.2) is 0 Å². The van der Waals surface area contributed by atoms with E-state index in [1.54, 1.807) is 12.4 Å². The van der Waals surface area contributed by atoms with Crippen molar-refractivity contribution in [1.29, 1.82) is 0 Å². The largest absolute Gasteiger partial charge is 0.335 e. The molecule has 17 heavy (non-hydrogen) atoms. The van der Waals surface area contributed by atoms with Gasteiger partial charge in [0.25, 0.3) is 0 Å². The number of carbonyl (C=O) groups excluding carboxylic acids is 1. The van der Waals surface area contributed by atoms with Crippen molar-refractivity contribution in [3.63, 3.8) is 0 Å². The maximum Gasteiger partial charge on any atom is 0.240 e. The number of rotatable bonds is 4. The second-order valence-corrected chi connectivity index (χ2v) is 4.31. The first-order valence-electron chi connectivity index (χ1n) is 6.00. The van der Waals surface area contributed by atoms with Crippen molar-refractivity contribution >= 4 is 5.91 Å². The molecule has 1 saturated heterocycles. The molecule has 0 radical (unpaired) electrons. The molecule has 1 amide bonds. The quantitative estimate of drug-likeness (QED) is 0.824. The first-order chi connectivity index (χ1) is 8.20. The molecule has 0 spiro atoms. The van der Waals surface area contributed by atoms with Gasteiger partial charge in [-0.3, -0.25) is 14.8 Å². The molecule has 1 fully saturated rings. The fourth-order valence-corrected chi connectivity index (χ4v) is 2.03. The summed E-state index contributed by atoms with van der Waals surface area (Å²) in [6.45, 7) is 6.11. The maximum absolute atomic E-state index is 12.0. The molecular weight excluding hydrogens is 216 g/mol. The van der Waals surface area contributed by atoms with Crippen LogP contribution in [0, 0.1) is 6.92 Å². The summed E-state index contributed by atoms with van der Waals surface area (Å²) in [7, 11) is 0. The fraction of sp³-hybridized carbons (Fsp3) is 0.583. The van der Waals surface area contributed by atoms with Gasteiger partial charge in [0.2, 0.25) is 5.91 Å². The summed E-state index contributed by atoms with van der Waals surface area (Å²) in [4.78, 5) is 22.3. The van der Waals surface area contributed by atoms with Crippen molar-refractivity contribution in [1.82, 2.24) is 20.2 Å². The summed E-state index contributed by atoms with van der Waals surface area (Å²) in [5.74, 6) is 0.175. The monoisotopic (exact) mass is 234 g/mol. The Labute approximate surface area is 101 Å². The van der Waals surface area contributed by atoms with Crippen LogP contribution in [0.2, 0.25) is 0 Å². The van der Waals surface area contributed by atoms with Crippen molar-refractivity contribution < 1.29 is 4.79 Å². The second-order valence-electron chi connectivity index (χ2n) is 4.31. The lowest BCUT2D eigenvalue weighted by Crippen LogP contribution is -2.37. The standard InChI is InChI=1S/C12H18N4O/c1-3-13-11-4-5-16(12(11)17)8-10-7-14-9(2)6-15-10/h6-7,11,13H,3-5,8H2,1-2H3. The summed E-state index contributed by atoms with van der Waals surface area (Å²) < 4.78 is 0. The third-order valence-corrected chi connectivity index (χ3v) is 2.94. The van der Waals surface area contributed by atoms with E-state index in [-0.39, 0.29) is 11.9 Å². The molecular formula is C12H18N4O. The van der Waals surface area contributed by atoms with Crippen molar-refractivity contribution in [2.24, 2.45) is 0 Å². The zero-order valence-electron chi connectivity index (χ0n) is 10.3. The predicted molar refractivity (Wildman–Crippen MR) is 64.3 cm³/mol. The number of aryl methyl sites for hydroxylation is 1. The first-order valence-corrected chi connectivity index (χ1v) is 6.00. The number of nitrogens with zero attached hydrogens (tertiary/aromatic N) is 3. The van der Waals surface area contributed by atoms with E-state index in [0.29, 0.717) is 6.54 Å². The molecule has 92 valence electrons. The van der Waals surface area contributed by atoms with Crippen LogP contribution in [0.4, 0.5) is 0 Å². The number of carbonyl (C=O) groups is 1. The van der Waals surface area contributed by atoms with Gasteiger partial charge in [0.1, 0.15) is 0 Å². The fourth-order valence-electron chi connectivity index (χ4n) is 2.03. The lowest BCUT2D eigenvalue weighted by atomic mass is 10.2. The molecule has 1 N–H and O–H groups in total. The van der Waals surface area contributed by atoms with E-state index in [9.17, 15) is 4.79 Å². The van der Waals surface area contributed by atoms with Crippen LogP contribution < -0.4 is 5.32 Å². The molecule has 1 aromatic rings. The molecule has 0 aromatic carbocycles. The molecule has 1 unspecified atom stereocenters. The molecule has 1 aliphatic rings. The van der Waals surface area contributed by atoms with Gasteiger partial charge in [-0.2, -0.15) is 0 Å². The highest BCUT2D eigenvalue weighted by molar-refractivity contribution is 5.83. The minimum absolute atomic E-state index is 0.0154. The third-order valence-electron chi connectivity index (χ3n) is 2.94. The molecule has 1 aliphatic heterocycles. The summed E-state index contributed by atoms with van der Waals surface area (Å²) in [6, 6.07) is -0.0154. The van der Waals surface area contributed by atoms with Gasteiger partial charge in [0.05, 0.1) is 30.2 Å². The van der Waals surface area contributed by atoms with Gasteiger partial charge in [-0.15, -0.1) is 0 Å². The zero-order valence-corrected chi connectivity index (χ0v) is 10.3. The Hall–Kier alpha value is -1.49. The Bertz CT molecular complexity index is 390. The molecule has 5 nitrogen and oxygen atoms in total. The molecule has 1 aromatic heterocycles.